The highest BCUT2D eigenvalue weighted by Gasteiger charge is 2.20. The van der Waals surface area contributed by atoms with Crippen molar-refractivity contribution in [1.82, 2.24) is 4.57 Å². The molecule has 0 aliphatic rings. The molecule has 1 nitrogen and oxygen atoms in total. The lowest BCUT2D eigenvalue weighted by atomic mass is 9.94. The van der Waals surface area contributed by atoms with Gasteiger partial charge in [0.25, 0.3) is 0 Å². The van der Waals surface area contributed by atoms with Gasteiger partial charge in [-0.1, -0.05) is 72.8 Å². The third-order valence-electron chi connectivity index (χ3n) is 6.37. The van der Waals surface area contributed by atoms with Crippen LogP contribution in [0.3, 0.4) is 0 Å². The molecule has 136 valence electrons. The second kappa shape index (κ2) is 5.37. The van der Waals surface area contributed by atoms with E-state index >= 15 is 0 Å². The summed E-state index contributed by atoms with van der Waals surface area (Å²) in [6.07, 6.45) is 0. The van der Waals surface area contributed by atoms with Gasteiger partial charge in [-0.25, -0.2) is 0 Å². The molecule has 0 saturated heterocycles. The number of fused-ring (bicyclic) bond motifs is 12. The number of para-hydroxylation sites is 1. The van der Waals surface area contributed by atoms with Crippen LogP contribution in [0.4, 0.5) is 0 Å². The van der Waals surface area contributed by atoms with Gasteiger partial charge in [-0.2, -0.15) is 0 Å². The minimum atomic E-state index is 1.29. The molecule has 0 radical (unpaired) electrons. The first kappa shape index (κ1) is 15.5. The van der Waals surface area contributed by atoms with Crippen molar-refractivity contribution in [2.75, 3.05) is 0 Å². The topological polar surface area (TPSA) is 4.93 Å². The smallest absolute Gasteiger partial charge is 0.0676 e. The standard InChI is InChI=1S/C27H17NS/c1-28-21-12-6-4-10-18(21)24-20-15-14-16-8-2-3-9-17(16)23(20)25-19-11-5-7-13-22(19)29-27(25)26(24)28/h2-15H,1H3. The van der Waals surface area contributed by atoms with Crippen molar-refractivity contribution in [3.63, 3.8) is 0 Å². The molecular weight excluding hydrogens is 370 g/mol. The summed E-state index contributed by atoms with van der Waals surface area (Å²) in [5.74, 6) is 0. The second-order valence-corrected chi connectivity index (χ2v) is 8.86. The Hall–Kier alpha value is -3.36. The minimum Gasteiger partial charge on any atom is -0.342 e. The summed E-state index contributed by atoms with van der Waals surface area (Å²) in [7, 11) is 2.21. The van der Waals surface area contributed by atoms with Crippen molar-refractivity contribution in [2.45, 2.75) is 0 Å². The Morgan fingerprint density at radius 2 is 1.31 bits per heavy atom. The van der Waals surface area contributed by atoms with E-state index in [0.717, 1.165) is 0 Å². The molecule has 2 heterocycles. The van der Waals surface area contributed by atoms with Gasteiger partial charge in [-0.3, -0.25) is 0 Å². The number of thiophene rings is 1. The molecule has 29 heavy (non-hydrogen) atoms. The molecule has 0 N–H and O–H groups in total. The Kier molecular flexibility index (Phi) is 2.88. The molecule has 0 bridgehead atoms. The first-order chi connectivity index (χ1) is 14.3. The Morgan fingerprint density at radius 3 is 2.21 bits per heavy atom. The highest BCUT2D eigenvalue weighted by Crippen LogP contribution is 2.48. The normalized spacial score (nSPS) is 12.3. The summed E-state index contributed by atoms with van der Waals surface area (Å²) >= 11 is 1.92. The van der Waals surface area contributed by atoms with Gasteiger partial charge < -0.3 is 4.57 Å². The fraction of sp³-hybridized carbons (Fsp3) is 0.0370. The number of benzene rings is 5. The lowest BCUT2D eigenvalue weighted by molar-refractivity contribution is 1.02. The van der Waals surface area contributed by atoms with E-state index in [-0.39, 0.29) is 0 Å². The first-order valence-corrected chi connectivity index (χ1v) is 10.8. The average Bonchev–Trinajstić information content (AvgIpc) is 3.30. The number of aromatic nitrogens is 1. The molecule has 5 aromatic carbocycles. The summed E-state index contributed by atoms with van der Waals surface area (Å²) in [4.78, 5) is 0. The summed E-state index contributed by atoms with van der Waals surface area (Å²) in [5, 5.41) is 10.9. The number of aryl methyl sites for hydroxylation is 1. The van der Waals surface area contributed by atoms with E-state index in [1.165, 1.54) is 63.5 Å². The Balaban J connectivity index is 1.97. The molecule has 7 aromatic rings. The van der Waals surface area contributed by atoms with Crippen molar-refractivity contribution in [1.29, 1.82) is 0 Å². The lowest BCUT2D eigenvalue weighted by Gasteiger charge is -2.09. The van der Waals surface area contributed by atoms with E-state index in [9.17, 15) is 0 Å². The van der Waals surface area contributed by atoms with Crippen LogP contribution < -0.4 is 0 Å². The van der Waals surface area contributed by atoms with Crippen LogP contribution in [-0.4, -0.2) is 4.57 Å². The van der Waals surface area contributed by atoms with Crippen LogP contribution in [0.25, 0.3) is 63.5 Å². The predicted octanol–water partition coefficient (Wildman–Crippen LogP) is 8.01. The summed E-state index contributed by atoms with van der Waals surface area (Å²) in [6, 6.07) is 31.1. The lowest BCUT2D eigenvalue weighted by Crippen LogP contribution is -1.87. The molecule has 0 unspecified atom stereocenters. The zero-order chi connectivity index (χ0) is 19.1. The van der Waals surface area contributed by atoms with Gasteiger partial charge in [0.1, 0.15) is 0 Å². The first-order valence-electron chi connectivity index (χ1n) is 9.95. The average molecular weight is 388 g/mol. The highest BCUT2D eigenvalue weighted by molar-refractivity contribution is 7.27. The van der Waals surface area contributed by atoms with E-state index in [2.05, 4.69) is 96.5 Å². The summed E-state index contributed by atoms with van der Waals surface area (Å²) < 4.78 is 5.13. The summed E-state index contributed by atoms with van der Waals surface area (Å²) in [6.45, 7) is 0. The van der Waals surface area contributed by atoms with Crippen molar-refractivity contribution in [3.8, 4) is 0 Å². The van der Waals surface area contributed by atoms with Gasteiger partial charge in [0.15, 0.2) is 0 Å². The van der Waals surface area contributed by atoms with Crippen LogP contribution in [-0.2, 0) is 7.05 Å². The van der Waals surface area contributed by atoms with Crippen LogP contribution in [0, 0.1) is 0 Å². The van der Waals surface area contributed by atoms with Gasteiger partial charge in [0.2, 0.25) is 0 Å². The van der Waals surface area contributed by atoms with E-state index in [0.29, 0.717) is 0 Å². The van der Waals surface area contributed by atoms with Crippen LogP contribution in [0.1, 0.15) is 0 Å². The third-order valence-corrected chi connectivity index (χ3v) is 7.54. The van der Waals surface area contributed by atoms with E-state index in [1.54, 1.807) is 0 Å². The quantitative estimate of drug-likeness (QED) is 0.232. The van der Waals surface area contributed by atoms with E-state index in [4.69, 9.17) is 0 Å². The third kappa shape index (κ3) is 1.85. The maximum absolute atomic E-state index is 2.39. The van der Waals surface area contributed by atoms with Crippen molar-refractivity contribution in [2.24, 2.45) is 7.05 Å². The fourth-order valence-corrected chi connectivity index (χ4v) is 6.44. The molecule has 0 atom stereocenters. The molecule has 0 fully saturated rings. The molecule has 0 aliphatic carbocycles. The van der Waals surface area contributed by atoms with Gasteiger partial charge in [-0.15, -0.1) is 11.3 Å². The molecule has 7 rings (SSSR count). The monoisotopic (exact) mass is 387 g/mol. The molecule has 0 aliphatic heterocycles. The molecule has 0 amide bonds. The SMILES string of the molecule is Cn1c2ccccc2c2c3ccc4ccccc4c3c3c4ccccc4sc3c21. The van der Waals surface area contributed by atoms with Crippen LogP contribution in [0.5, 0.6) is 0 Å². The van der Waals surface area contributed by atoms with Crippen LogP contribution in [0.2, 0.25) is 0 Å². The number of rotatable bonds is 0. The fourth-order valence-electron chi connectivity index (χ4n) is 5.14. The number of hydrogen-bond donors (Lipinski definition) is 0. The highest BCUT2D eigenvalue weighted by atomic mass is 32.1. The Bertz CT molecular complexity index is 1760. The van der Waals surface area contributed by atoms with Crippen molar-refractivity contribution >= 4 is 74.9 Å². The summed E-state index contributed by atoms with van der Waals surface area (Å²) in [5.41, 5.74) is 2.65. The molecule has 0 spiro atoms. The van der Waals surface area contributed by atoms with Crippen LogP contribution >= 0.6 is 11.3 Å². The maximum Gasteiger partial charge on any atom is 0.0676 e. The van der Waals surface area contributed by atoms with Gasteiger partial charge in [0.05, 0.1) is 10.2 Å². The molecule has 2 heteroatoms. The zero-order valence-electron chi connectivity index (χ0n) is 15.9. The number of hydrogen-bond acceptors (Lipinski definition) is 1. The number of nitrogens with zero attached hydrogens (tertiary/aromatic N) is 1. The van der Waals surface area contributed by atoms with Gasteiger partial charge >= 0.3 is 0 Å². The van der Waals surface area contributed by atoms with Crippen molar-refractivity contribution in [3.05, 3.63) is 84.9 Å². The van der Waals surface area contributed by atoms with Gasteiger partial charge in [-0.05, 0) is 33.7 Å². The predicted molar refractivity (Wildman–Crippen MR) is 128 cm³/mol. The Labute approximate surface area is 171 Å². The molecular formula is C27H17NS. The van der Waals surface area contributed by atoms with E-state index in [1.807, 2.05) is 11.3 Å². The van der Waals surface area contributed by atoms with Crippen molar-refractivity contribution < 1.29 is 0 Å². The zero-order valence-corrected chi connectivity index (χ0v) is 16.8. The maximum atomic E-state index is 2.39. The molecule has 2 aromatic heterocycles. The molecule has 0 saturated carbocycles. The Morgan fingerprint density at radius 1 is 0.586 bits per heavy atom. The second-order valence-electron chi connectivity index (χ2n) is 7.81. The largest absolute Gasteiger partial charge is 0.342 e. The van der Waals surface area contributed by atoms with Gasteiger partial charge in [0, 0.05) is 38.8 Å². The minimum absolute atomic E-state index is 1.29. The van der Waals surface area contributed by atoms with E-state index < -0.39 is 0 Å². The van der Waals surface area contributed by atoms with Crippen LogP contribution in [0.15, 0.2) is 84.9 Å².